The van der Waals surface area contributed by atoms with Crippen molar-refractivity contribution in [1.82, 2.24) is 15.3 Å². The largest absolute Gasteiger partial charge is 0.349 e. The number of rotatable bonds is 6. The molecule has 0 fully saturated rings. The van der Waals surface area contributed by atoms with Gasteiger partial charge in [-0.25, -0.2) is 9.97 Å². The van der Waals surface area contributed by atoms with Crippen molar-refractivity contribution >= 4 is 17.7 Å². The Bertz CT molecular complexity index is 688. The zero-order chi connectivity index (χ0) is 17.7. The second-order valence-electron chi connectivity index (χ2n) is 6.26. The number of carbonyl (C=O) groups is 1. The molecule has 5 heteroatoms. The zero-order valence-corrected chi connectivity index (χ0v) is 15.7. The molecule has 0 unspecified atom stereocenters. The first-order valence-corrected chi connectivity index (χ1v) is 9.12. The van der Waals surface area contributed by atoms with Gasteiger partial charge in [-0.15, -0.1) is 0 Å². The van der Waals surface area contributed by atoms with Crippen LogP contribution in [0, 0.1) is 6.92 Å². The summed E-state index contributed by atoms with van der Waals surface area (Å²) < 4.78 is 0. The third kappa shape index (κ3) is 5.06. The predicted molar refractivity (Wildman–Crippen MR) is 99.2 cm³/mol. The van der Waals surface area contributed by atoms with Crippen molar-refractivity contribution < 1.29 is 4.79 Å². The Balaban J connectivity index is 2.01. The number of nitrogens with one attached hydrogen (secondary N) is 1. The fraction of sp³-hybridized carbons (Fsp3) is 0.421. The fourth-order valence-electron chi connectivity index (χ4n) is 2.27. The number of carbonyl (C=O) groups excluding carboxylic acids is 1. The van der Waals surface area contributed by atoms with Gasteiger partial charge < -0.3 is 5.32 Å². The third-order valence-corrected chi connectivity index (χ3v) is 4.71. The SMILES string of the molecule is Cc1cc(S[C@@H](C)C(=O)N[C@H](C)c2ccccc2)nc(C(C)C)n1. The maximum absolute atomic E-state index is 12.5. The summed E-state index contributed by atoms with van der Waals surface area (Å²) in [6, 6.07) is 11.9. The second-order valence-corrected chi connectivity index (χ2v) is 7.62. The minimum absolute atomic E-state index is 0.0127. The molecular weight excluding hydrogens is 318 g/mol. The molecule has 4 nitrogen and oxygen atoms in total. The lowest BCUT2D eigenvalue weighted by molar-refractivity contribution is -0.120. The van der Waals surface area contributed by atoms with Gasteiger partial charge in [0.05, 0.1) is 11.3 Å². The van der Waals surface area contributed by atoms with Gasteiger partial charge >= 0.3 is 0 Å². The number of hydrogen-bond acceptors (Lipinski definition) is 4. The molecular formula is C19H25N3OS. The van der Waals surface area contributed by atoms with Crippen molar-refractivity contribution in [3.8, 4) is 0 Å². The Hall–Kier alpha value is -1.88. The quantitative estimate of drug-likeness (QED) is 0.629. The molecule has 0 aliphatic carbocycles. The predicted octanol–water partition coefficient (Wildman–Crippen LogP) is 4.27. The van der Waals surface area contributed by atoms with Gasteiger partial charge in [-0.05, 0) is 32.4 Å². The first-order valence-electron chi connectivity index (χ1n) is 8.24. The molecule has 1 heterocycles. The lowest BCUT2D eigenvalue weighted by atomic mass is 10.1. The van der Waals surface area contributed by atoms with E-state index >= 15 is 0 Å². The smallest absolute Gasteiger partial charge is 0.233 e. The van der Waals surface area contributed by atoms with E-state index in [0.717, 1.165) is 22.1 Å². The molecule has 2 rings (SSSR count). The van der Waals surface area contributed by atoms with Gasteiger partial charge in [0.1, 0.15) is 10.9 Å². The maximum atomic E-state index is 12.5. The van der Waals surface area contributed by atoms with Gasteiger partial charge in [-0.2, -0.15) is 0 Å². The molecule has 1 aromatic heterocycles. The average molecular weight is 343 g/mol. The van der Waals surface area contributed by atoms with Crippen LogP contribution in [0.25, 0.3) is 0 Å². The van der Waals surface area contributed by atoms with E-state index in [4.69, 9.17) is 0 Å². The topological polar surface area (TPSA) is 54.9 Å². The van der Waals surface area contributed by atoms with Gasteiger partial charge in [0.2, 0.25) is 5.91 Å². The van der Waals surface area contributed by atoms with Crippen LogP contribution in [0.15, 0.2) is 41.4 Å². The van der Waals surface area contributed by atoms with Crippen LogP contribution in [-0.4, -0.2) is 21.1 Å². The van der Waals surface area contributed by atoms with Crippen molar-refractivity contribution in [1.29, 1.82) is 0 Å². The van der Waals surface area contributed by atoms with E-state index in [1.54, 1.807) is 0 Å². The second kappa shape index (κ2) is 8.29. The lowest BCUT2D eigenvalue weighted by Gasteiger charge is -2.18. The van der Waals surface area contributed by atoms with E-state index in [2.05, 4.69) is 29.1 Å². The van der Waals surface area contributed by atoms with E-state index in [0.29, 0.717) is 0 Å². The maximum Gasteiger partial charge on any atom is 0.233 e. The van der Waals surface area contributed by atoms with E-state index in [1.165, 1.54) is 11.8 Å². The van der Waals surface area contributed by atoms with E-state index in [1.807, 2.05) is 57.2 Å². The first kappa shape index (κ1) is 18.5. The molecule has 0 saturated heterocycles. The van der Waals surface area contributed by atoms with Gasteiger partial charge in [-0.3, -0.25) is 4.79 Å². The van der Waals surface area contributed by atoms with Crippen LogP contribution in [0.4, 0.5) is 0 Å². The summed E-state index contributed by atoms with van der Waals surface area (Å²) >= 11 is 1.47. The number of thioether (sulfide) groups is 1. The minimum Gasteiger partial charge on any atom is -0.349 e. The molecule has 2 atom stereocenters. The molecule has 24 heavy (non-hydrogen) atoms. The highest BCUT2D eigenvalue weighted by Crippen LogP contribution is 2.24. The molecule has 0 aliphatic heterocycles. The molecule has 0 saturated carbocycles. The molecule has 1 N–H and O–H groups in total. The Morgan fingerprint density at radius 3 is 2.38 bits per heavy atom. The molecule has 1 amide bonds. The zero-order valence-electron chi connectivity index (χ0n) is 14.9. The summed E-state index contributed by atoms with van der Waals surface area (Å²) in [5.41, 5.74) is 2.03. The standard InChI is InChI=1S/C19H25N3OS/c1-12(2)18-20-13(3)11-17(22-18)24-15(5)19(23)21-14(4)16-9-7-6-8-10-16/h6-12,14-15H,1-5H3,(H,21,23)/t14-,15+/m1/s1. The van der Waals surface area contributed by atoms with Gasteiger partial charge in [-0.1, -0.05) is 55.9 Å². The summed E-state index contributed by atoms with van der Waals surface area (Å²) in [5.74, 6) is 1.10. The van der Waals surface area contributed by atoms with Crippen LogP contribution < -0.4 is 5.32 Å². The average Bonchev–Trinajstić information content (AvgIpc) is 2.54. The van der Waals surface area contributed by atoms with Gasteiger partial charge in [0.25, 0.3) is 0 Å². The summed E-state index contributed by atoms with van der Waals surface area (Å²) in [5, 5.41) is 3.70. The van der Waals surface area contributed by atoms with Crippen LogP contribution >= 0.6 is 11.8 Å². The molecule has 1 aromatic carbocycles. The Morgan fingerprint density at radius 1 is 1.08 bits per heavy atom. The highest BCUT2D eigenvalue weighted by atomic mass is 32.2. The highest BCUT2D eigenvalue weighted by molar-refractivity contribution is 8.00. The van der Waals surface area contributed by atoms with Crippen molar-refractivity contribution in [2.75, 3.05) is 0 Å². The van der Waals surface area contributed by atoms with Crippen LogP contribution in [-0.2, 0) is 4.79 Å². The number of amides is 1. The molecule has 0 radical (unpaired) electrons. The van der Waals surface area contributed by atoms with Crippen molar-refractivity contribution in [3.05, 3.63) is 53.5 Å². The summed E-state index contributed by atoms with van der Waals surface area (Å²) in [6.07, 6.45) is 0. The summed E-state index contributed by atoms with van der Waals surface area (Å²) in [6.45, 7) is 10.0. The number of aromatic nitrogens is 2. The fourth-order valence-corrected chi connectivity index (χ4v) is 3.19. The molecule has 0 aliphatic rings. The van der Waals surface area contributed by atoms with Crippen molar-refractivity contribution in [2.45, 2.75) is 56.9 Å². The van der Waals surface area contributed by atoms with Gasteiger partial charge in [0.15, 0.2) is 0 Å². The van der Waals surface area contributed by atoms with E-state index in [-0.39, 0.29) is 23.1 Å². The minimum atomic E-state index is -0.217. The number of benzene rings is 1. The molecule has 0 spiro atoms. The number of aryl methyl sites for hydroxylation is 1. The Morgan fingerprint density at radius 2 is 1.75 bits per heavy atom. The number of hydrogen-bond donors (Lipinski definition) is 1. The number of nitrogens with zero attached hydrogens (tertiary/aromatic N) is 2. The van der Waals surface area contributed by atoms with Crippen LogP contribution in [0.2, 0.25) is 0 Å². The summed E-state index contributed by atoms with van der Waals surface area (Å²) in [4.78, 5) is 21.5. The molecule has 2 aromatic rings. The molecule has 128 valence electrons. The Labute approximate surface area is 148 Å². The van der Waals surface area contributed by atoms with Crippen LogP contribution in [0.3, 0.4) is 0 Å². The monoisotopic (exact) mass is 343 g/mol. The van der Waals surface area contributed by atoms with Gasteiger partial charge in [0, 0.05) is 11.6 Å². The van der Waals surface area contributed by atoms with E-state index < -0.39 is 0 Å². The Kier molecular flexibility index (Phi) is 6.37. The summed E-state index contributed by atoms with van der Waals surface area (Å²) in [7, 11) is 0. The van der Waals surface area contributed by atoms with Crippen molar-refractivity contribution in [3.63, 3.8) is 0 Å². The highest BCUT2D eigenvalue weighted by Gasteiger charge is 2.18. The van der Waals surface area contributed by atoms with Crippen LogP contribution in [0.1, 0.15) is 56.7 Å². The lowest BCUT2D eigenvalue weighted by Crippen LogP contribution is -2.33. The van der Waals surface area contributed by atoms with Crippen molar-refractivity contribution in [2.24, 2.45) is 0 Å². The van der Waals surface area contributed by atoms with E-state index in [9.17, 15) is 4.79 Å². The first-order chi connectivity index (χ1) is 11.4. The normalized spacial score (nSPS) is 13.6. The third-order valence-electron chi connectivity index (χ3n) is 3.69. The molecule has 0 bridgehead atoms. The van der Waals surface area contributed by atoms with Crippen LogP contribution in [0.5, 0.6) is 0 Å².